The molecule has 0 aliphatic heterocycles. The molecule has 4 nitrogen and oxygen atoms in total. The fourth-order valence-corrected chi connectivity index (χ4v) is 2.38. The van der Waals surface area contributed by atoms with Crippen LogP contribution in [0.25, 0.3) is 0 Å². The van der Waals surface area contributed by atoms with Crippen molar-refractivity contribution in [2.75, 3.05) is 34.0 Å². The van der Waals surface area contributed by atoms with Gasteiger partial charge >= 0.3 is 0 Å². The van der Waals surface area contributed by atoms with Gasteiger partial charge in [-0.2, -0.15) is 0 Å². The molecule has 2 rings (SSSR count). The van der Waals surface area contributed by atoms with E-state index in [-0.39, 0.29) is 5.92 Å². The van der Waals surface area contributed by atoms with Gasteiger partial charge in [0.15, 0.2) is 0 Å². The minimum absolute atomic E-state index is 0.264. The molecular weight excluding hydrogens is 244 g/mol. The summed E-state index contributed by atoms with van der Waals surface area (Å²) >= 11 is 0. The Kier molecular flexibility index (Phi) is 4.80. The minimum Gasteiger partial charge on any atom is -0.491 e. The van der Waals surface area contributed by atoms with Crippen molar-refractivity contribution in [1.82, 2.24) is 0 Å². The third-order valence-electron chi connectivity index (χ3n) is 3.52. The topological polar surface area (TPSA) is 47.9 Å². The molecule has 1 unspecified atom stereocenters. The number of para-hydroxylation sites is 1. The van der Waals surface area contributed by atoms with Crippen LogP contribution in [0.1, 0.15) is 18.4 Å². The molecular formula is C15H22O4. The molecule has 0 amide bonds. The van der Waals surface area contributed by atoms with Gasteiger partial charge in [-0.15, -0.1) is 0 Å². The largest absolute Gasteiger partial charge is 0.491 e. The molecule has 0 saturated heterocycles. The summed E-state index contributed by atoms with van der Waals surface area (Å²) in [5.74, 6) is 0.977. The maximum absolute atomic E-state index is 10.9. The van der Waals surface area contributed by atoms with E-state index in [0.717, 1.165) is 18.4 Å². The fourth-order valence-electron chi connectivity index (χ4n) is 2.38. The Hall–Kier alpha value is -1.10. The van der Waals surface area contributed by atoms with Crippen LogP contribution in [0.4, 0.5) is 0 Å². The van der Waals surface area contributed by atoms with Gasteiger partial charge in [0, 0.05) is 19.8 Å². The second-order valence-corrected chi connectivity index (χ2v) is 4.97. The highest BCUT2D eigenvalue weighted by molar-refractivity contribution is 5.39. The summed E-state index contributed by atoms with van der Waals surface area (Å²) in [4.78, 5) is 0. The molecule has 1 atom stereocenters. The lowest BCUT2D eigenvalue weighted by Gasteiger charge is -2.29. The average Bonchev–Trinajstić information content (AvgIpc) is 3.24. The van der Waals surface area contributed by atoms with Gasteiger partial charge in [-0.1, -0.05) is 18.2 Å². The van der Waals surface area contributed by atoms with Crippen molar-refractivity contribution < 1.29 is 19.3 Å². The molecule has 4 heteroatoms. The molecule has 0 spiro atoms. The second-order valence-electron chi connectivity index (χ2n) is 4.97. The summed E-state index contributed by atoms with van der Waals surface area (Å²) in [7, 11) is 3.25. The van der Waals surface area contributed by atoms with Gasteiger partial charge in [0.05, 0.1) is 13.2 Å². The molecule has 1 aliphatic rings. The molecule has 1 N–H and O–H groups in total. The van der Waals surface area contributed by atoms with E-state index < -0.39 is 5.60 Å². The van der Waals surface area contributed by atoms with E-state index in [1.54, 1.807) is 14.2 Å². The minimum atomic E-state index is -0.946. The zero-order valence-corrected chi connectivity index (χ0v) is 11.6. The van der Waals surface area contributed by atoms with Gasteiger partial charge in [0.25, 0.3) is 0 Å². The first-order valence-corrected chi connectivity index (χ1v) is 6.65. The molecule has 106 valence electrons. The van der Waals surface area contributed by atoms with Crippen molar-refractivity contribution in [3.05, 3.63) is 29.8 Å². The maximum Gasteiger partial charge on any atom is 0.125 e. The van der Waals surface area contributed by atoms with Crippen LogP contribution in [0.15, 0.2) is 24.3 Å². The van der Waals surface area contributed by atoms with E-state index in [1.807, 2.05) is 24.3 Å². The molecule has 0 heterocycles. The van der Waals surface area contributed by atoms with Gasteiger partial charge in [-0.3, -0.25) is 0 Å². The lowest BCUT2D eigenvalue weighted by molar-refractivity contribution is -0.0550. The summed E-state index contributed by atoms with van der Waals surface area (Å²) in [6, 6.07) is 7.63. The third-order valence-corrected chi connectivity index (χ3v) is 3.52. The van der Waals surface area contributed by atoms with Crippen LogP contribution in [0.3, 0.4) is 0 Å². The van der Waals surface area contributed by atoms with Crippen molar-refractivity contribution in [2.24, 2.45) is 5.92 Å². The smallest absolute Gasteiger partial charge is 0.125 e. The summed E-state index contributed by atoms with van der Waals surface area (Å²) in [5.41, 5.74) is -0.131. The Morgan fingerprint density at radius 2 is 1.89 bits per heavy atom. The number of benzene rings is 1. The average molecular weight is 266 g/mol. The summed E-state index contributed by atoms with van der Waals surface area (Å²) in [5, 5.41) is 10.9. The Labute approximate surface area is 114 Å². The van der Waals surface area contributed by atoms with Crippen molar-refractivity contribution in [3.63, 3.8) is 0 Å². The number of hydrogen-bond donors (Lipinski definition) is 1. The molecule has 0 bridgehead atoms. The zero-order chi connectivity index (χ0) is 13.7. The SMILES string of the molecule is COCCOc1ccccc1C(O)(COC)C1CC1. The van der Waals surface area contributed by atoms with Crippen LogP contribution >= 0.6 is 0 Å². The summed E-state index contributed by atoms with van der Waals surface area (Å²) in [6.45, 7) is 1.30. The molecule has 1 saturated carbocycles. The molecule has 0 aromatic heterocycles. The molecule has 1 aromatic rings. The van der Waals surface area contributed by atoms with Crippen LogP contribution in [0.2, 0.25) is 0 Å². The molecule has 19 heavy (non-hydrogen) atoms. The first kappa shape index (κ1) is 14.3. The van der Waals surface area contributed by atoms with Gasteiger partial charge in [0.1, 0.15) is 18.0 Å². The summed E-state index contributed by atoms with van der Waals surface area (Å²) < 4.78 is 15.9. The highest BCUT2D eigenvalue weighted by atomic mass is 16.5. The number of rotatable bonds is 8. The standard InChI is InChI=1S/C15H22O4/c1-17-9-10-19-14-6-4-3-5-13(14)15(16,11-18-2)12-7-8-12/h3-6,12,16H,7-11H2,1-2H3. The van der Waals surface area contributed by atoms with Crippen LogP contribution in [0.5, 0.6) is 5.75 Å². The molecule has 1 aliphatic carbocycles. The van der Waals surface area contributed by atoms with E-state index in [0.29, 0.717) is 25.6 Å². The number of methoxy groups -OCH3 is 2. The highest BCUT2D eigenvalue weighted by Gasteiger charge is 2.46. The van der Waals surface area contributed by atoms with E-state index in [9.17, 15) is 5.11 Å². The fraction of sp³-hybridized carbons (Fsp3) is 0.600. The first-order valence-electron chi connectivity index (χ1n) is 6.65. The number of hydrogen-bond acceptors (Lipinski definition) is 4. The van der Waals surface area contributed by atoms with Crippen molar-refractivity contribution >= 4 is 0 Å². The van der Waals surface area contributed by atoms with Gasteiger partial charge in [-0.25, -0.2) is 0 Å². The zero-order valence-electron chi connectivity index (χ0n) is 11.6. The molecule has 0 radical (unpaired) electrons. The van der Waals surface area contributed by atoms with Crippen molar-refractivity contribution in [1.29, 1.82) is 0 Å². The van der Waals surface area contributed by atoms with Gasteiger partial charge < -0.3 is 19.3 Å². The molecule has 1 fully saturated rings. The quantitative estimate of drug-likeness (QED) is 0.731. The monoisotopic (exact) mass is 266 g/mol. The normalized spacial score (nSPS) is 18.1. The van der Waals surface area contributed by atoms with Crippen molar-refractivity contribution in [2.45, 2.75) is 18.4 Å². The van der Waals surface area contributed by atoms with Crippen LogP contribution in [-0.2, 0) is 15.1 Å². The van der Waals surface area contributed by atoms with Gasteiger partial charge in [-0.05, 0) is 24.8 Å². The lowest BCUT2D eigenvalue weighted by Crippen LogP contribution is -2.34. The lowest BCUT2D eigenvalue weighted by atomic mass is 9.89. The highest BCUT2D eigenvalue weighted by Crippen LogP contribution is 2.48. The Bertz CT molecular complexity index is 403. The maximum atomic E-state index is 10.9. The first-order chi connectivity index (χ1) is 9.22. The Morgan fingerprint density at radius 1 is 1.16 bits per heavy atom. The van der Waals surface area contributed by atoms with E-state index in [2.05, 4.69) is 0 Å². The third kappa shape index (κ3) is 3.26. The number of ether oxygens (including phenoxy) is 3. The van der Waals surface area contributed by atoms with E-state index in [1.165, 1.54) is 0 Å². The van der Waals surface area contributed by atoms with E-state index in [4.69, 9.17) is 14.2 Å². The number of aliphatic hydroxyl groups is 1. The Balaban J connectivity index is 2.21. The van der Waals surface area contributed by atoms with Crippen LogP contribution in [-0.4, -0.2) is 39.1 Å². The van der Waals surface area contributed by atoms with Crippen molar-refractivity contribution in [3.8, 4) is 5.75 Å². The van der Waals surface area contributed by atoms with Gasteiger partial charge in [0.2, 0.25) is 0 Å². The summed E-state index contributed by atoms with van der Waals surface area (Å²) in [6.07, 6.45) is 2.07. The predicted molar refractivity (Wildman–Crippen MR) is 72.3 cm³/mol. The van der Waals surface area contributed by atoms with Crippen LogP contribution in [0, 0.1) is 5.92 Å². The second kappa shape index (κ2) is 6.37. The van der Waals surface area contributed by atoms with Crippen LogP contribution < -0.4 is 4.74 Å². The van der Waals surface area contributed by atoms with E-state index >= 15 is 0 Å². The Morgan fingerprint density at radius 3 is 2.53 bits per heavy atom. The predicted octanol–water partition coefficient (Wildman–Crippen LogP) is 1.96. The molecule has 1 aromatic carbocycles.